The number of rotatable bonds is 17. The zero-order valence-electron chi connectivity index (χ0n) is 16.0. The number of carbonyl (C=O) groups excluding carboxylic acids is 2. The van der Waals surface area contributed by atoms with Crippen LogP contribution in [0.2, 0.25) is 0 Å². The van der Waals surface area contributed by atoms with Crippen LogP contribution in [-0.4, -0.2) is 48.7 Å². The highest BCUT2D eigenvalue weighted by atomic mass is 16.4. The average Bonchev–Trinajstić information content (AvgIpc) is 2.58. The molecule has 0 aliphatic heterocycles. The molecule has 26 heavy (non-hydrogen) atoms. The number of nitrogens with one attached hydrogen (secondary N) is 3. The maximum Gasteiger partial charge on any atom is 0.326 e. The third kappa shape index (κ3) is 15.7. The SMILES string of the molecule is CCCCNC(=O)CCCCCCCNCCC[C@H](NC(N)=O)C(=O)O. The van der Waals surface area contributed by atoms with Crippen molar-refractivity contribution in [2.24, 2.45) is 5.73 Å². The summed E-state index contributed by atoms with van der Waals surface area (Å²) in [5.74, 6) is -0.909. The van der Waals surface area contributed by atoms with Crippen molar-refractivity contribution in [2.45, 2.75) is 77.2 Å². The van der Waals surface area contributed by atoms with Gasteiger partial charge in [0, 0.05) is 13.0 Å². The van der Waals surface area contributed by atoms with Gasteiger partial charge in [0.25, 0.3) is 0 Å². The molecule has 0 saturated heterocycles. The van der Waals surface area contributed by atoms with Gasteiger partial charge in [-0.25, -0.2) is 9.59 Å². The van der Waals surface area contributed by atoms with Gasteiger partial charge in [-0.15, -0.1) is 0 Å². The summed E-state index contributed by atoms with van der Waals surface area (Å²) in [5, 5.41) is 17.3. The number of primary amides is 1. The molecule has 1 atom stereocenters. The van der Waals surface area contributed by atoms with Crippen molar-refractivity contribution in [1.29, 1.82) is 0 Å². The topological polar surface area (TPSA) is 134 Å². The van der Waals surface area contributed by atoms with E-state index in [0.29, 0.717) is 25.8 Å². The molecule has 0 aliphatic rings. The molecular weight excluding hydrogens is 336 g/mol. The smallest absolute Gasteiger partial charge is 0.326 e. The van der Waals surface area contributed by atoms with Crippen molar-refractivity contribution in [3.8, 4) is 0 Å². The molecule has 6 N–H and O–H groups in total. The average molecular weight is 373 g/mol. The summed E-state index contributed by atoms with van der Waals surface area (Å²) in [7, 11) is 0. The second-order valence-corrected chi connectivity index (χ2v) is 6.51. The number of unbranched alkanes of at least 4 members (excludes halogenated alkanes) is 5. The zero-order valence-corrected chi connectivity index (χ0v) is 16.0. The Balaban J connectivity index is 3.39. The van der Waals surface area contributed by atoms with Gasteiger partial charge in [0.15, 0.2) is 0 Å². The lowest BCUT2D eigenvalue weighted by Crippen LogP contribution is -2.43. The van der Waals surface area contributed by atoms with Crippen LogP contribution in [0.15, 0.2) is 0 Å². The van der Waals surface area contributed by atoms with Crippen LogP contribution in [0.1, 0.15) is 71.1 Å². The number of hydrogen-bond donors (Lipinski definition) is 5. The lowest BCUT2D eigenvalue weighted by Gasteiger charge is -2.12. The maximum atomic E-state index is 11.5. The summed E-state index contributed by atoms with van der Waals surface area (Å²) >= 11 is 0. The number of nitrogens with two attached hydrogens (primary N) is 1. The summed E-state index contributed by atoms with van der Waals surface area (Å²) in [4.78, 5) is 33.1. The third-order valence-electron chi connectivity index (χ3n) is 4.07. The highest BCUT2D eigenvalue weighted by Crippen LogP contribution is 2.05. The fourth-order valence-electron chi connectivity index (χ4n) is 2.54. The molecule has 0 aromatic rings. The Labute approximate surface area is 156 Å². The molecule has 0 spiro atoms. The van der Waals surface area contributed by atoms with E-state index in [4.69, 9.17) is 10.8 Å². The van der Waals surface area contributed by atoms with Gasteiger partial charge in [0.2, 0.25) is 5.91 Å². The van der Waals surface area contributed by atoms with E-state index >= 15 is 0 Å². The first-order chi connectivity index (χ1) is 12.5. The summed E-state index contributed by atoms with van der Waals surface area (Å²) in [6, 6.07) is -1.74. The first-order valence-corrected chi connectivity index (χ1v) is 9.73. The molecular formula is C18H36N4O4. The predicted octanol–water partition coefficient (Wildman–Crippen LogP) is 1.73. The van der Waals surface area contributed by atoms with Crippen molar-refractivity contribution >= 4 is 17.9 Å². The van der Waals surface area contributed by atoms with E-state index in [1.165, 1.54) is 0 Å². The molecule has 0 fully saturated rings. The summed E-state index contributed by atoms with van der Waals surface area (Å²) < 4.78 is 0. The lowest BCUT2D eigenvalue weighted by atomic mass is 10.1. The first-order valence-electron chi connectivity index (χ1n) is 9.73. The van der Waals surface area contributed by atoms with Gasteiger partial charge in [-0.05, 0) is 45.2 Å². The minimum Gasteiger partial charge on any atom is -0.480 e. The van der Waals surface area contributed by atoms with Gasteiger partial charge >= 0.3 is 12.0 Å². The van der Waals surface area contributed by atoms with E-state index in [9.17, 15) is 14.4 Å². The monoisotopic (exact) mass is 372 g/mol. The van der Waals surface area contributed by atoms with Crippen LogP contribution < -0.4 is 21.7 Å². The summed E-state index contributed by atoms with van der Waals surface area (Å²) in [6.07, 6.45) is 9.07. The van der Waals surface area contributed by atoms with E-state index in [1.54, 1.807) is 0 Å². The molecule has 0 bridgehead atoms. The number of amides is 3. The van der Waals surface area contributed by atoms with Gasteiger partial charge < -0.3 is 26.8 Å². The highest BCUT2D eigenvalue weighted by Gasteiger charge is 2.17. The molecule has 152 valence electrons. The van der Waals surface area contributed by atoms with E-state index < -0.39 is 18.0 Å². The Morgan fingerprint density at radius 2 is 1.58 bits per heavy atom. The van der Waals surface area contributed by atoms with Gasteiger partial charge in [-0.3, -0.25) is 4.79 Å². The number of urea groups is 1. The maximum absolute atomic E-state index is 11.5. The number of carboxylic acid groups (broad SMARTS) is 1. The molecule has 0 aromatic heterocycles. The fraction of sp³-hybridized carbons (Fsp3) is 0.833. The number of aliphatic carboxylic acids is 1. The minimum atomic E-state index is -1.07. The van der Waals surface area contributed by atoms with Crippen LogP contribution in [0.3, 0.4) is 0 Å². The standard InChI is InChI=1S/C18H36N4O4/c1-2-3-14-21-16(23)11-7-5-4-6-8-12-20-13-9-10-15(17(24)25)22-18(19)26/h15,20H,2-14H2,1H3,(H,21,23)(H,24,25)(H3,19,22,26)/t15-/m0/s1. The van der Waals surface area contributed by atoms with Crippen molar-refractivity contribution in [1.82, 2.24) is 16.0 Å². The third-order valence-corrected chi connectivity index (χ3v) is 4.07. The quantitative estimate of drug-likeness (QED) is 0.248. The molecule has 0 radical (unpaired) electrons. The van der Waals surface area contributed by atoms with Crippen molar-refractivity contribution in [2.75, 3.05) is 19.6 Å². The van der Waals surface area contributed by atoms with E-state index in [-0.39, 0.29) is 5.91 Å². The second kappa shape index (κ2) is 16.6. The molecule has 3 amide bonds. The van der Waals surface area contributed by atoms with Crippen LogP contribution in [-0.2, 0) is 9.59 Å². The van der Waals surface area contributed by atoms with Crippen molar-refractivity contribution < 1.29 is 19.5 Å². The van der Waals surface area contributed by atoms with Crippen molar-refractivity contribution in [3.63, 3.8) is 0 Å². The largest absolute Gasteiger partial charge is 0.480 e. The van der Waals surface area contributed by atoms with E-state index in [1.807, 2.05) is 0 Å². The van der Waals surface area contributed by atoms with Crippen LogP contribution >= 0.6 is 0 Å². The van der Waals surface area contributed by atoms with Gasteiger partial charge in [0.05, 0.1) is 0 Å². The van der Waals surface area contributed by atoms with Crippen molar-refractivity contribution in [3.05, 3.63) is 0 Å². The van der Waals surface area contributed by atoms with Crippen LogP contribution in [0.4, 0.5) is 4.79 Å². The predicted molar refractivity (Wildman–Crippen MR) is 102 cm³/mol. The Morgan fingerprint density at radius 3 is 2.23 bits per heavy atom. The number of hydrogen-bond acceptors (Lipinski definition) is 4. The molecule has 0 heterocycles. The van der Waals surface area contributed by atoms with Crippen LogP contribution in [0.25, 0.3) is 0 Å². The Bertz CT molecular complexity index is 405. The highest BCUT2D eigenvalue weighted by molar-refractivity contribution is 5.81. The molecule has 0 aromatic carbocycles. The summed E-state index contributed by atoms with van der Waals surface area (Å²) in [5.41, 5.74) is 4.94. The van der Waals surface area contributed by atoms with Crippen LogP contribution in [0, 0.1) is 0 Å². The molecule has 0 aliphatic carbocycles. The first kappa shape index (κ1) is 24.2. The molecule has 0 saturated carbocycles. The molecule has 8 heteroatoms. The van der Waals surface area contributed by atoms with Gasteiger partial charge in [-0.1, -0.05) is 32.6 Å². The molecule has 8 nitrogen and oxygen atoms in total. The van der Waals surface area contributed by atoms with E-state index in [0.717, 1.165) is 58.0 Å². The normalized spacial score (nSPS) is 11.7. The molecule has 0 unspecified atom stereocenters. The minimum absolute atomic E-state index is 0.158. The fourth-order valence-corrected chi connectivity index (χ4v) is 2.54. The Hall–Kier alpha value is -1.83. The Morgan fingerprint density at radius 1 is 0.923 bits per heavy atom. The lowest BCUT2D eigenvalue weighted by molar-refractivity contribution is -0.139. The van der Waals surface area contributed by atoms with Gasteiger partial charge in [-0.2, -0.15) is 0 Å². The van der Waals surface area contributed by atoms with Gasteiger partial charge in [0.1, 0.15) is 6.04 Å². The second-order valence-electron chi connectivity index (χ2n) is 6.51. The summed E-state index contributed by atoms with van der Waals surface area (Å²) in [6.45, 7) is 4.49. The Kier molecular flexibility index (Phi) is 15.5. The van der Waals surface area contributed by atoms with E-state index in [2.05, 4.69) is 22.9 Å². The zero-order chi connectivity index (χ0) is 19.6. The molecule has 0 rings (SSSR count). The number of carboxylic acids is 1. The number of carbonyl (C=O) groups is 3. The van der Waals surface area contributed by atoms with Crippen LogP contribution in [0.5, 0.6) is 0 Å².